The molecular weight excluding hydrogens is 216 g/mol. The average Bonchev–Trinajstić information content (AvgIpc) is 2.30. The molecule has 3 nitrogen and oxygen atoms in total. The Morgan fingerprint density at radius 1 is 1.06 bits per heavy atom. The third-order valence-electron chi connectivity index (χ3n) is 2.55. The van der Waals surface area contributed by atoms with Crippen molar-refractivity contribution >= 4 is 0 Å². The molecule has 1 rings (SSSR count). The van der Waals surface area contributed by atoms with Gasteiger partial charge in [-0.25, -0.2) is 0 Å². The lowest BCUT2D eigenvalue weighted by molar-refractivity contribution is 0.155. The van der Waals surface area contributed by atoms with Crippen molar-refractivity contribution in [3.05, 3.63) is 30.4 Å². The summed E-state index contributed by atoms with van der Waals surface area (Å²) in [5.41, 5.74) is 0.557. The van der Waals surface area contributed by atoms with Gasteiger partial charge >= 0.3 is 0 Å². The average molecular weight is 236 g/mol. The van der Waals surface area contributed by atoms with Crippen LogP contribution in [0.2, 0.25) is 0 Å². The van der Waals surface area contributed by atoms with Crippen LogP contribution in [0.25, 0.3) is 0 Å². The van der Waals surface area contributed by atoms with Gasteiger partial charge in [-0.3, -0.25) is 0 Å². The second kappa shape index (κ2) is 5.13. The van der Waals surface area contributed by atoms with Gasteiger partial charge in [-0.05, 0) is 38.5 Å². The van der Waals surface area contributed by atoms with Crippen molar-refractivity contribution in [2.24, 2.45) is 0 Å². The Bertz CT molecular complexity index is 408. The summed E-state index contributed by atoms with van der Waals surface area (Å²) in [6.45, 7) is 9.58. The van der Waals surface area contributed by atoms with Gasteiger partial charge in [0.2, 0.25) is 0 Å². The van der Waals surface area contributed by atoms with Crippen LogP contribution in [0.3, 0.4) is 0 Å². The zero-order chi connectivity index (χ0) is 13.1. The zero-order valence-electron chi connectivity index (χ0n) is 11.2. The van der Waals surface area contributed by atoms with Crippen LogP contribution in [0, 0.1) is 6.92 Å². The highest BCUT2D eigenvalue weighted by Gasteiger charge is 2.19. The Morgan fingerprint density at radius 2 is 1.65 bits per heavy atom. The van der Waals surface area contributed by atoms with E-state index in [1.807, 2.05) is 32.9 Å². The third kappa shape index (κ3) is 3.16. The highest BCUT2D eigenvalue weighted by molar-refractivity contribution is 5.50. The molecule has 0 spiro atoms. The van der Waals surface area contributed by atoms with Gasteiger partial charge in [-0.1, -0.05) is 6.58 Å². The zero-order valence-corrected chi connectivity index (χ0v) is 11.2. The molecule has 1 aromatic rings. The molecule has 17 heavy (non-hydrogen) atoms. The smallest absolute Gasteiger partial charge is 0.166 e. The third-order valence-corrected chi connectivity index (χ3v) is 2.55. The lowest BCUT2D eigenvalue weighted by Gasteiger charge is -2.24. The van der Waals surface area contributed by atoms with Crippen LogP contribution in [0.4, 0.5) is 0 Å². The van der Waals surface area contributed by atoms with Crippen molar-refractivity contribution in [3.63, 3.8) is 0 Å². The highest BCUT2D eigenvalue weighted by atomic mass is 16.5. The van der Waals surface area contributed by atoms with E-state index >= 15 is 0 Å². The summed E-state index contributed by atoms with van der Waals surface area (Å²) in [5.74, 6) is 2.12. The molecule has 0 aliphatic rings. The number of ether oxygens (including phenoxy) is 3. The monoisotopic (exact) mass is 236 g/mol. The van der Waals surface area contributed by atoms with Gasteiger partial charge < -0.3 is 14.2 Å². The van der Waals surface area contributed by atoms with Gasteiger partial charge in [-0.2, -0.15) is 0 Å². The highest BCUT2D eigenvalue weighted by Crippen LogP contribution is 2.36. The molecule has 0 aliphatic heterocycles. The first-order valence-electron chi connectivity index (χ1n) is 5.48. The summed E-state index contributed by atoms with van der Waals surface area (Å²) < 4.78 is 16.4. The fourth-order valence-corrected chi connectivity index (χ4v) is 1.43. The molecule has 0 bridgehead atoms. The summed E-state index contributed by atoms with van der Waals surface area (Å²) in [6.07, 6.45) is 1.75. The predicted octanol–water partition coefficient (Wildman–Crippen LogP) is 3.36. The van der Waals surface area contributed by atoms with Crippen molar-refractivity contribution in [1.82, 2.24) is 0 Å². The van der Waals surface area contributed by atoms with Gasteiger partial charge in [0, 0.05) is 6.07 Å². The van der Waals surface area contributed by atoms with Crippen molar-refractivity contribution in [3.8, 4) is 17.2 Å². The molecule has 3 heteroatoms. The molecular formula is C14H20O3. The van der Waals surface area contributed by atoms with E-state index in [1.165, 1.54) is 0 Å². The van der Waals surface area contributed by atoms with Crippen LogP contribution in [0.15, 0.2) is 24.8 Å². The van der Waals surface area contributed by atoms with Crippen LogP contribution in [0.5, 0.6) is 17.2 Å². The first-order chi connectivity index (χ1) is 7.93. The fourth-order valence-electron chi connectivity index (χ4n) is 1.43. The lowest BCUT2D eigenvalue weighted by atomic mass is 10.1. The molecule has 94 valence electrons. The maximum Gasteiger partial charge on any atom is 0.166 e. The number of benzene rings is 1. The van der Waals surface area contributed by atoms with Gasteiger partial charge in [0.15, 0.2) is 11.5 Å². The van der Waals surface area contributed by atoms with Crippen LogP contribution in [0.1, 0.15) is 19.4 Å². The lowest BCUT2D eigenvalue weighted by Crippen LogP contribution is -2.24. The second-order valence-electron chi connectivity index (χ2n) is 4.38. The topological polar surface area (TPSA) is 27.7 Å². The molecule has 0 saturated carbocycles. The molecule has 0 aromatic heterocycles. The van der Waals surface area contributed by atoms with Crippen molar-refractivity contribution < 1.29 is 14.2 Å². The van der Waals surface area contributed by atoms with Gasteiger partial charge in [-0.15, -0.1) is 0 Å². The largest absolute Gasteiger partial charge is 0.496 e. The molecule has 0 radical (unpaired) electrons. The summed E-state index contributed by atoms with van der Waals surface area (Å²) in [6, 6.07) is 3.73. The molecule has 0 fully saturated rings. The van der Waals surface area contributed by atoms with E-state index in [1.54, 1.807) is 20.3 Å². The molecule has 0 heterocycles. The van der Waals surface area contributed by atoms with E-state index < -0.39 is 5.60 Å². The number of aryl methyl sites for hydroxylation is 1. The molecule has 0 aliphatic carbocycles. The van der Waals surface area contributed by atoms with Crippen molar-refractivity contribution in [2.75, 3.05) is 14.2 Å². The van der Waals surface area contributed by atoms with E-state index in [2.05, 4.69) is 6.58 Å². The molecule has 0 N–H and O–H groups in total. The minimum atomic E-state index is -0.451. The standard InChI is InChI=1S/C14H20O3/c1-7-14(3,4)17-13-9-11(15-5)10(2)8-12(13)16-6/h7-9H,1H2,2-6H3. The summed E-state index contributed by atoms with van der Waals surface area (Å²) in [5, 5.41) is 0. The van der Waals surface area contributed by atoms with E-state index in [9.17, 15) is 0 Å². The quantitative estimate of drug-likeness (QED) is 0.734. The first-order valence-corrected chi connectivity index (χ1v) is 5.48. The fraction of sp³-hybridized carbons (Fsp3) is 0.429. The van der Waals surface area contributed by atoms with Crippen LogP contribution >= 0.6 is 0 Å². The minimum absolute atomic E-state index is 0.451. The molecule has 0 amide bonds. The normalized spacial score (nSPS) is 10.9. The SMILES string of the molecule is C=CC(C)(C)Oc1cc(OC)c(C)cc1OC. The number of hydrogen-bond donors (Lipinski definition) is 0. The summed E-state index contributed by atoms with van der Waals surface area (Å²) in [4.78, 5) is 0. The van der Waals surface area contributed by atoms with Gasteiger partial charge in [0.25, 0.3) is 0 Å². The van der Waals surface area contributed by atoms with E-state index in [-0.39, 0.29) is 0 Å². The maximum absolute atomic E-state index is 5.85. The van der Waals surface area contributed by atoms with Gasteiger partial charge in [0.05, 0.1) is 14.2 Å². The number of methoxy groups -OCH3 is 2. The Labute approximate surface area is 103 Å². The Balaban J connectivity index is 3.17. The van der Waals surface area contributed by atoms with E-state index in [0.717, 1.165) is 11.3 Å². The molecule has 0 saturated heterocycles. The molecule has 0 unspecified atom stereocenters. The van der Waals surface area contributed by atoms with Crippen LogP contribution in [-0.2, 0) is 0 Å². The van der Waals surface area contributed by atoms with E-state index in [4.69, 9.17) is 14.2 Å². The summed E-state index contributed by atoms with van der Waals surface area (Å²) >= 11 is 0. The Morgan fingerprint density at radius 3 is 2.12 bits per heavy atom. The minimum Gasteiger partial charge on any atom is -0.496 e. The van der Waals surface area contributed by atoms with Crippen molar-refractivity contribution in [1.29, 1.82) is 0 Å². The predicted molar refractivity (Wildman–Crippen MR) is 69.2 cm³/mol. The molecule has 0 atom stereocenters. The summed E-state index contributed by atoms with van der Waals surface area (Å²) in [7, 11) is 3.26. The second-order valence-corrected chi connectivity index (χ2v) is 4.38. The first kappa shape index (κ1) is 13.4. The Kier molecular flexibility index (Phi) is 4.05. The maximum atomic E-state index is 5.85. The van der Waals surface area contributed by atoms with Gasteiger partial charge in [0.1, 0.15) is 11.4 Å². The molecule has 1 aromatic carbocycles. The number of hydrogen-bond acceptors (Lipinski definition) is 3. The van der Waals surface area contributed by atoms with E-state index in [0.29, 0.717) is 11.5 Å². The Hall–Kier alpha value is -1.64. The van der Waals surface area contributed by atoms with Crippen molar-refractivity contribution in [2.45, 2.75) is 26.4 Å². The van der Waals surface area contributed by atoms with Crippen LogP contribution in [-0.4, -0.2) is 19.8 Å². The van der Waals surface area contributed by atoms with Crippen LogP contribution < -0.4 is 14.2 Å². The number of rotatable bonds is 5.